The van der Waals surface area contributed by atoms with Crippen molar-refractivity contribution in [3.05, 3.63) is 6.20 Å². The Kier molecular flexibility index (Phi) is 4.27. The third-order valence-corrected chi connectivity index (χ3v) is 3.55. The normalized spacial score (nSPS) is 19.6. The van der Waals surface area contributed by atoms with Crippen LogP contribution in [-0.4, -0.2) is 50.4 Å². The largest absolute Gasteiger partial charge is 0.473 e. The van der Waals surface area contributed by atoms with Crippen LogP contribution >= 0.6 is 11.7 Å². The van der Waals surface area contributed by atoms with Gasteiger partial charge in [0, 0.05) is 12.1 Å². The van der Waals surface area contributed by atoms with Crippen LogP contribution in [0.3, 0.4) is 0 Å². The number of ether oxygens (including phenoxy) is 1. The summed E-state index contributed by atoms with van der Waals surface area (Å²) in [5, 5.41) is 22.1. The van der Waals surface area contributed by atoms with E-state index in [1.54, 1.807) is 0 Å². The SMILES string of the molecule is OCC1(NCC(O)COc2cnsn2)CCC1. The third kappa shape index (κ3) is 3.35. The van der Waals surface area contributed by atoms with Gasteiger partial charge in [0.2, 0.25) is 5.88 Å². The van der Waals surface area contributed by atoms with Crippen molar-refractivity contribution in [2.45, 2.75) is 30.9 Å². The maximum absolute atomic E-state index is 9.71. The van der Waals surface area contributed by atoms with Crippen LogP contribution in [0.4, 0.5) is 0 Å². The quantitative estimate of drug-likeness (QED) is 0.627. The first-order valence-corrected chi connectivity index (χ1v) is 6.41. The number of rotatable bonds is 7. The highest BCUT2D eigenvalue weighted by Crippen LogP contribution is 2.30. The van der Waals surface area contributed by atoms with Gasteiger partial charge in [-0.05, 0) is 19.3 Å². The van der Waals surface area contributed by atoms with Crippen molar-refractivity contribution in [1.29, 1.82) is 0 Å². The van der Waals surface area contributed by atoms with Gasteiger partial charge in [0.05, 0.1) is 18.3 Å². The summed E-state index contributed by atoms with van der Waals surface area (Å²) < 4.78 is 12.9. The minimum Gasteiger partial charge on any atom is -0.473 e. The molecular weight excluding hydrogens is 242 g/mol. The van der Waals surface area contributed by atoms with E-state index in [4.69, 9.17) is 4.74 Å². The number of hydrogen-bond donors (Lipinski definition) is 3. The lowest BCUT2D eigenvalue weighted by atomic mass is 9.77. The smallest absolute Gasteiger partial charge is 0.245 e. The molecule has 1 aliphatic rings. The highest BCUT2D eigenvalue weighted by molar-refractivity contribution is 6.99. The Morgan fingerprint density at radius 3 is 2.94 bits per heavy atom. The number of nitrogens with one attached hydrogen (secondary N) is 1. The Bertz CT molecular complexity index is 324. The fourth-order valence-electron chi connectivity index (χ4n) is 1.79. The lowest BCUT2D eigenvalue weighted by Gasteiger charge is -2.41. The number of aliphatic hydroxyl groups is 2. The summed E-state index contributed by atoms with van der Waals surface area (Å²) >= 11 is 1.07. The zero-order valence-corrected chi connectivity index (χ0v) is 10.3. The Morgan fingerprint density at radius 1 is 1.59 bits per heavy atom. The Hall–Kier alpha value is -0.760. The van der Waals surface area contributed by atoms with Crippen LogP contribution in [0, 0.1) is 0 Å². The highest BCUT2D eigenvalue weighted by atomic mass is 32.1. The first-order valence-electron chi connectivity index (χ1n) is 5.68. The Labute approximate surface area is 104 Å². The molecule has 1 aliphatic carbocycles. The van der Waals surface area contributed by atoms with Crippen LogP contribution < -0.4 is 10.1 Å². The van der Waals surface area contributed by atoms with Gasteiger partial charge in [-0.15, -0.1) is 4.37 Å². The van der Waals surface area contributed by atoms with Crippen LogP contribution in [0.2, 0.25) is 0 Å². The number of aliphatic hydroxyl groups excluding tert-OH is 2. The topological polar surface area (TPSA) is 87.5 Å². The fourth-order valence-corrected chi connectivity index (χ4v) is 2.15. The second-order valence-electron chi connectivity index (χ2n) is 4.38. The molecule has 0 bridgehead atoms. The van der Waals surface area contributed by atoms with Gasteiger partial charge in [0.1, 0.15) is 18.9 Å². The third-order valence-electron chi connectivity index (χ3n) is 3.09. The molecule has 1 aromatic heterocycles. The summed E-state index contributed by atoms with van der Waals surface area (Å²) in [4.78, 5) is 0. The molecule has 1 saturated carbocycles. The van der Waals surface area contributed by atoms with E-state index in [9.17, 15) is 10.2 Å². The average molecular weight is 259 g/mol. The summed E-state index contributed by atoms with van der Waals surface area (Å²) in [6.07, 6.45) is 3.97. The summed E-state index contributed by atoms with van der Waals surface area (Å²) in [6, 6.07) is 0. The predicted octanol–water partition coefficient (Wildman–Crippen LogP) is -0.218. The molecule has 0 radical (unpaired) electrons. The van der Waals surface area contributed by atoms with Gasteiger partial charge in [0.15, 0.2) is 0 Å². The lowest BCUT2D eigenvalue weighted by molar-refractivity contribution is 0.0533. The second kappa shape index (κ2) is 5.72. The molecular formula is C10H17N3O3S. The van der Waals surface area contributed by atoms with E-state index in [0.29, 0.717) is 12.4 Å². The van der Waals surface area contributed by atoms with Gasteiger partial charge < -0.3 is 20.3 Å². The predicted molar refractivity (Wildman–Crippen MR) is 63.1 cm³/mol. The van der Waals surface area contributed by atoms with Gasteiger partial charge in [0.25, 0.3) is 0 Å². The molecule has 0 aromatic carbocycles. The molecule has 1 fully saturated rings. The number of hydrogen-bond acceptors (Lipinski definition) is 7. The van der Waals surface area contributed by atoms with Gasteiger partial charge in [-0.2, -0.15) is 4.37 Å². The summed E-state index contributed by atoms with van der Waals surface area (Å²) in [5.41, 5.74) is -0.177. The zero-order valence-electron chi connectivity index (χ0n) is 9.50. The number of β-amino-alcohol motifs (C(OH)–C–C–N with tert-alkyl or cyclic N) is 1. The Balaban J connectivity index is 1.65. The summed E-state index contributed by atoms with van der Waals surface area (Å²) in [5.74, 6) is 0.439. The summed E-state index contributed by atoms with van der Waals surface area (Å²) in [6.45, 7) is 0.717. The first kappa shape index (κ1) is 12.7. The van der Waals surface area contributed by atoms with Crippen LogP contribution in [-0.2, 0) is 0 Å². The Morgan fingerprint density at radius 2 is 2.41 bits per heavy atom. The van der Waals surface area contributed by atoms with Crippen molar-refractivity contribution in [1.82, 2.24) is 14.1 Å². The van der Waals surface area contributed by atoms with Crippen molar-refractivity contribution in [3.63, 3.8) is 0 Å². The van der Waals surface area contributed by atoms with E-state index in [0.717, 1.165) is 31.0 Å². The molecule has 0 aliphatic heterocycles. The van der Waals surface area contributed by atoms with Gasteiger partial charge >= 0.3 is 0 Å². The zero-order chi connectivity index (χ0) is 12.1. The lowest BCUT2D eigenvalue weighted by Crippen LogP contribution is -2.56. The van der Waals surface area contributed by atoms with Crippen LogP contribution in [0.15, 0.2) is 6.20 Å². The number of aromatic nitrogens is 2. The molecule has 1 heterocycles. The molecule has 7 heteroatoms. The van der Waals surface area contributed by atoms with Crippen molar-refractivity contribution in [2.75, 3.05) is 19.8 Å². The fraction of sp³-hybridized carbons (Fsp3) is 0.800. The van der Waals surface area contributed by atoms with Crippen LogP contribution in [0.5, 0.6) is 5.88 Å². The molecule has 1 atom stereocenters. The molecule has 0 saturated heterocycles. The monoisotopic (exact) mass is 259 g/mol. The van der Waals surface area contributed by atoms with E-state index in [1.165, 1.54) is 6.20 Å². The molecule has 0 amide bonds. The van der Waals surface area contributed by atoms with E-state index in [1.807, 2.05) is 0 Å². The molecule has 17 heavy (non-hydrogen) atoms. The maximum Gasteiger partial charge on any atom is 0.245 e. The van der Waals surface area contributed by atoms with E-state index in [-0.39, 0.29) is 18.8 Å². The maximum atomic E-state index is 9.71. The molecule has 2 rings (SSSR count). The van der Waals surface area contributed by atoms with E-state index in [2.05, 4.69) is 14.1 Å². The molecule has 6 nitrogen and oxygen atoms in total. The highest BCUT2D eigenvalue weighted by Gasteiger charge is 2.35. The minimum absolute atomic E-state index is 0.122. The molecule has 96 valence electrons. The average Bonchev–Trinajstić information content (AvgIpc) is 2.78. The van der Waals surface area contributed by atoms with Crippen molar-refractivity contribution < 1.29 is 14.9 Å². The standard InChI is InChI=1S/C10H17N3O3S/c14-7-10(2-1-3-10)11-4-8(15)6-16-9-5-12-17-13-9/h5,8,11,14-15H,1-4,6-7H2. The number of nitrogens with zero attached hydrogens (tertiary/aromatic N) is 2. The van der Waals surface area contributed by atoms with E-state index < -0.39 is 6.10 Å². The molecule has 1 unspecified atom stereocenters. The van der Waals surface area contributed by atoms with Crippen molar-refractivity contribution in [3.8, 4) is 5.88 Å². The van der Waals surface area contributed by atoms with Gasteiger partial charge in [-0.3, -0.25) is 0 Å². The first-order chi connectivity index (χ1) is 8.24. The van der Waals surface area contributed by atoms with E-state index >= 15 is 0 Å². The molecule has 3 N–H and O–H groups in total. The molecule has 0 spiro atoms. The minimum atomic E-state index is -0.610. The van der Waals surface area contributed by atoms with Gasteiger partial charge in [-0.1, -0.05) is 0 Å². The second-order valence-corrected chi connectivity index (χ2v) is 4.94. The van der Waals surface area contributed by atoms with Crippen molar-refractivity contribution >= 4 is 11.7 Å². The summed E-state index contributed by atoms with van der Waals surface area (Å²) in [7, 11) is 0. The van der Waals surface area contributed by atoms with Crippen molar-refractivity contribution in [2.24, 2.45) is 0 Å². The van der Waals surface area contributed by atoms with Crippen LogP contribution in [0.1, 0.15) is 19.3 Å². The molecule has 1 aromatic rings. The van der Waals surface area contributed by atoms with Crippen LogP contribution in [0.25, 0.3) is 0 Å². The van der Waals surface area contributed by atoms with Gasteiger partial charge in [-0.25, -0.2) is 0 Å².